The molecule has 0 spiro atoms. The molecule has 3 rings (SSSR count). The number of nitrogens with one attached hydrogen (secondary N) is 1. The molecule has 1 N–H and O–H groups in total. The number of imidazole rings is 1. The second-order valence-electron chi connectivity index (χ2n) is 4.68. The highest BCUT2D eigenvalue weighted by Crippen LogP contribution is 2.19. The van der Waals surface area contributed by atoms with Crippen molar-refractivity contribution in [1.82, 2.24) is 9.55 Å². The van der Waals surface area contributed by atoms with Crippen LogP contribution in [0.2, 0.25) is 0 Å². The van der Waals surface area contributed by atoms with Crippen LogP contribution in [0.1, 0.15) is 5.56 Å². The summed E-state index contributed by atoms with van der Waals surface area (Å²) in [4.78, 5) is 4.33. The van der Waals surface area contributed by atoms with Crippen molar-refractivity contribution in [1.29, 1.82) is 0 Å². The predicted molar refractivity (Wildman–Crippen MR) is 83.7 cm³/mol. The van der Waals surface area contributed by atoms with Gasteiger partial charge in [-0.25, -0.2) is 4.98 Å². The minimum atomic E-state index is 0.759. The second-order valence-corrected chi connectivity index (χ2v) is 4.68. The number of nitrogens with zero attached hydrogens (tertiary/aromatic N) is 2. The molecular weight excluding hydrogens is 246 g/mol. The number of allylic oxidation sites excluding steroid dienone is 1. The standard InChI is InChI=1S/C17H17N3/c1-2-11-20-12-10-18-17(20)19-13-15-8-5-7-14-6-3-4-9-16(14)15/h2-10,12H,1,11,13H2,(H,18,19). The van der Waals surface area contributed by atoms with Crippen LogP contribution < -0.4 is 5.32 Å². The van der Waals surface area contributed by atoms with Gasteiger partial charge in [-0.3, -0.25) is 0 Å². The fourth-order valence-electron chi connectivity index (χ4n) is 2.38. The Hall–Kier alpha value is -2.55. The highest BCUT2D eigenvalue weighted by molar-refractivity contribution is 5.85. The highest BCUT2D eigenvalue weighted by Gasteiger charge is 2.03. The Bertz CT molecular complexity index is 722. The van der Waals surface area contributed by atoms with Gasteiger partial charge in [0.2, 0.25) is 5.95 Å². The Labute approximate surface area is 118 Å². The number of aromatic nitrogens is 2. The average molecular weight is 263 g/mol. The zero-order valence-electron chi connectivity index (χ0n) is 11.3. The molecule has 2 aromatic carbocycles. The third-order valence-electron chi connectivity index (χ3n) is 3.36. The van der Waals surface area contributed by atoms with Crippen LogP contribution in [-0.4, -0.2) is 9.55 Å². The van der Waals surface area contributed by atoms with Crippen molar-refractivity contribution >= 4 is 16.7 Å². The van der Waals surface area contributed by atoms with Gasteiger partial charge in [0.15, 0.2) is 0 Å². The number of rotatable bonds is 5. The molecule has 1 aromatic heterocycles. The SMILES string of the molecule is C=CCn1ccnc1NCc1cccc2ccccc12. The van der Waals surface area contributed by atoms with E-state index < -0.39 is 0 Å². The van der Waals surface area contributed by atoms with E-state index in [1.165, 1.54) is 16.3 Å². The minimum absolute atomic E-state index is 0.759. The van der Waals surface area contributed by atoms with E-state index in [9.17, 15) is 0 Å². The third-order valence-corrected chi connectivity index (χ3v) is 3.36. The number of hydrogen-bond acceptors (Lipinski definition) is 2. The van der Waals surface area contributed by atoms with Crippen LogP contribution in [0, 0.1) is 0 Å². The van der Waals surface area contributed by atoms with Crippen LogP contribution in [0.15, 0.2) is 67.5 Å². The molecule has 3 nitrogen and oxygen atoms in total. The Morgan fingerprint density at radius 3 is 2.90 bits per heavy atom. The summed E-state index contributed by atoms with van der Waals surface area (Å²) in [5, 5.41) is 5.94. The summed E-state index contributed by atoms with van der Waals surface area (Å²) < 4.78 is 2.04. The Morgan fingerprint density at radius 2 is 2.00 bits per heavy atom. The molecule has 0 amide bonds. The van der Waals surface area contributed by atoms with Gasteiger partial charge >= 0.3 is 0 Å². The van der Waals surface area contributed by atoms with Crippen LogP contribution in [0.25, 0.3) is 10.8 Å². The maximum Gasteiger partial charge on any atom is 0.203 e. The van der Waals surface area contributed by atoms with Gasteiger partial charge in [-0.05, 0) is 16.3 Å². The van der Waals surface area contributed by atoms with Gasteiger partial charge in [0, 0.05) is 25.5 Å². The topological polar surface area (TPSA) is 29.9 Å². The largest absolute Gasteiger partial charge is 0.352 e. The first-order valence-electron chi connectivity index (χ1n) is 6.71. The molecule has 0 radical (unpaired) electrons. The first-order valence-corrected chi connectivity index (χ1v) is 6.71. The maximum atomic E-state index is 4.33. The van der Waals surface area contributed by atoms with Gasteiger partial charge in [-0.2, -0.15) is 0 Å². The lowest BCUT2D eigenvalue weighted by atomic mass is 10.0. The smallest absolute Gasteiger partial charge is 0.203 e. The quantitative estimate of drug-likeness (QED) is 0.709. The van der Waals surface area contributed by atoms with Crippen LogP contribution in [0.3, 0.4) is 0 Å². The molecule has 0 fully saturated rings. The summed E-state index contributed by atoms with van der Waals surface area (Å²) in [6.45, 7) is 5.28. The number of fused-ring (bicyclic) bond motifs is 1. The highest BCUT2D eigenvalue weighted by atomic mass is 15.2. The van der Waals surface area contributed by atoms with Crippen molar-refractivity contribution in [3.63, 3.8) is 0 Å². The zero-order chi connectivity index (χ0) is 13.8. The number of anilines is 1. The van der Waals surface area contributed by atoms with Crippen molar-refractivity contribution in [3.8, 4) is 0 Å². The molecule has 0 bridgehead atoms. The van der Waals surface area contributed by atoms with Crippen molar-refractivity contribution in [2.24, 2.45) is 0 Å². The summed E-state index contributed by atoms with van der Waals surface area (Å²) in [6, 6.07) is 14.8. The molecule has 0 unspecified atom stereocenters. The van der Waals surface area contributed by atoms with Crippen molar-refractivity contribution in [2.75, 3.05) is 5.32 Å². The fraction of sp³-hybridized carbons (Fsp3) is 0.118. The molecular formula is C17H17N3. The van der Waals surface area contributed by atoms with E-state index in [4.69, 9.17) is 0 Å². The molecule has 20 heavy (non-hydrogen) atoms. The number of hydrogen-bond donors (Lipinski definition) is 1. The van der Waals surface area contributed by atoms with Crippen LogP contribution in [0.4, 0.5) is 5.95 Å². The lowest BCUT2D eigenvalue weighted by molar-refractivity contribution is 0.820. The molecule has 3 aromatic rings. The van der Waals surface area contributed by atoms with E-state index in [0.29, 0.717) is 0 Å². The summed E-state index contributed by atoms with van der Waals surface area (Å²) in [6.07, 6.45) is 5.62. The summed E-state index contributed by atoms with van der Waals surface area (Å²) >= 11 is 0. The summed E-state index contributed by atoms with van der Waals surface area (Å²) in [5.74, 6) is 0.873. The van der Waals surface area contributed by atoms with Gasteiger partial charge < -0.3 is 9.88 Å². The summed E-state index contributed by atoms with van der Waals surface area (Å²) in [7, 11) is 0. The Morgan fingerprint density at radius 1 is 1.15 bits per heavy atom. The molecule has 3 heteroatoms. The maximum absolute atomic E-state index is 4.33. The fourth-order valence-corrected chi connectivity index (χ4v) is 2.38. The van der Waals surface area contributed by atoms with E-state index in [1.54, 1.807) is 6.20 Å². The van der Waals surface area contributed by atoms with Crippen molar-refractivity contribution in [3.05, 3.63) is 73.1 Å². The van der Waals surface area contributed by atoms with E-state index in [2.05, 4.69) is 59.3 Å². The predicted octanol–water partition coefficient (Wildman–Crippen LogP) is 3.83. The lowest BCUT2D eigenvalue weighted by Crippen LogP contribution is -2.06. The van der Waals surface area contributed by atoms with Gasteiger partial charge in [-0.15, -0.1) is 6.58 Å². The average Bonchev–Trinajstić information content (AvgIpc) is 2.93. The monoisotopic (exact) mass is 263 g/mol. The summed E-state index contributed by atoms with van der Waals surface area (Å²) in [5.41, 5.74) is 1.27. The normalized spacial score (nSPS) is 10.6. The molecule has 1 heterocycles. The van der Waals surface area contributed by atoms with Crippen LogP contribution in [0.5, 0.6) is 0 Å². The van der Waals surface area contributed by atoms with Gasteiger partial charge in [-0.1, -0.05) is 48.5 Å². The molecule has 0 aliphatic carbocycles. The van der Waals surface area contributed by atoms with Gasteiger partial charge in [0.25, 0.3) is 0 Å². The molecule has 100 valence electrons. The first kappa shape index (κ1) is 12.5. The van der Waals surface area contributed by atoms with E-state index in [1.807, 2.05) is 16.8 Å². The van der Waals surface area contributed by atoms with E-state index in [-0.39, 0.29) is 0 Å². The molecule has 0 aliphatic rings. The molecule has 0 aliphatic heterocycles. The molecule has 0 saturated heterocycles. The van der Waals surface area contributed by atoms with E-state index in [0.717, 1.165) is 19.0 Å². The zero-order valence-corrected chi connectivity index (χ0v) is 11.3. The molecule has 0 atom stereocenters. The van der Waals surface area contributed by atoms with Gasteiger partial charge in [0.1, 0.15) is 0 Å². The second kappa shape index (κ2) is 5.61. The van der Waals surface area contributed by atoms with Crippen LogP contribution in [-0.2, 0) is 13.1 Å². The van der Waals surface area contributed by atoms with Gasteiger partial charge in [0.05, 0.1) is 0 Å². The van der Waals surface area contributed by atoms with E-state index >= 15 is 0 Å². The minimum Gasteiger partial charge on any atom is -0.352 e. The van der Waals surface area contributed by atoms with Crippen molar-refractivity contribution < 1.29 is 0 Å². The van der Waals surface area contributed by atoms with Crippen LogP contribution >= 0.6 is 0 Å². The van der Waals surface area contributed by atoms with Crippen molar-refractivity contribution in [2.45, 2.75) is 13.1 Å². The first-order chi connectivity index (χ1) is 9.88. The Kier molecular flexibility index (Phi) is 3.50. The Balaban J connectivity index is 1.83. The number of benzene rings is 2. The molecule has 0 saturated carbocycles. The third kappa shape index (κ3) is 2.43. The lowest BCUT2D eigenvalue weighted by Gasteiger charge is -2.10.